The van der Waals surface area contributed by atoms with Crippen molar-refractivity contribution in [3.8, 4) is 0 Å². The molecule has 1 amide bonds. The van der Waals surface area contributed by atoms with Gasteiger partial charge in [0.05, 0.1) is 5.69 Å². The van der Waals surface area contributed by atoms with E-state index in [0.29, 0.717) is 25.1 Å². The van der Waals surface area contributed by atoms with Gasteiger partial charge in [-0.2, -0.15) is 0 Å². The number of carbonyl (C=O) groups excluding carboxylic acids is 1. The minimum Gasteiger partial charge on any atom is -0.368 e. The molecule has 6 heteroatoms. The summed E-state index contributed by atoms with van der Waals surface area (Å²) in [4.78, 5) is 25.2. The second-order valence-corrected chi connectivity index (χ2v) is 6.38. The highest BCUT2D eigenvalue weighted by Crippen LogP contribution is 2.25. The summed E-state index contributed by atoms with van der Waals surface area (Å²) in [6.07, 6.45) is 10.7. The fourth-order valence-corrected chi connectivity index (χ4v) is 3.11. The van der Waals surface area contributed by atoms with Crippen molar-refractivity contribution in [3.63, 3.8) is 0 Å². The predicted octanol–water partition coefficient (Wildman–Crippen LogP) is 2.02. The minimum atomic E-state index is -1.04. The molecule has 1 unspecified atom stereocenters. The molecule has 0 saturated heterocycles. The first-order chi connectivity index (χ1) is 13.2. The molecule has 1 atom stereocenters. The largest absolute Gasteiger partial charge is 0.368 e. The Morgan fingerprint density at radius 1 is 0.926 bits per heavy atom. The van der Waals surface area contributed by atoms with E-state index in [2.05, 4.69) is 20.3 Å². The van der Waals surface area contributed by atoms with Crippen LogP contribution in [-0.2, 0) is 23.2 Å². The zero-order valence-electron chi connectivity index (χ0n) is 15.1. The summed E-state index contributed by atoms with van der Waals surface area (Å²) in [5.74, 6) is -0.431. The summed E-state index contributed by atoms with van der Waals surface area (Å²) in [5.41, 5.74) is 7.67. The Labute approximate surface area is 158 Å². The number of aryl methyl sites for hydroxylation is 1. The molecule has 3 heterocycles. The predicted molar refractivity (Wildman–Crippen MR) is 104 cm³/mol. The lowest BCUT2D eigenvalue weighted by Crippen LogP contribution is -2.54. The van der Waals surface area contributed by atoms with Crippen molar-refractivity contribution in [2.75, 3.05) is 6.54 Å². The number of amides is 1. The SMILES string of the molecule is NC(=O)C(CCc1cccnc1)(NCCc1ccncc1)c1ccccn1. The monoisotopic (exact) mass is 361 g/mol. The Morgan fingerprint density at radius 2 is 1.78 bits per heavy atom. The topological polar surface area (TPSA) is 93.8 Å². The molecule has 0 aromatic carbocycles. The number of carbonyl (C=O) groups is 1. The summed E-state index contributed by atoms with van der Waals surface area (Å²) in [6.45, 7) is 0.594. The number of nitrogens with one attached hydrogen (secondary N) is 1. The van der Waals surface area contributed by atoms with Crippen LogP contribution in [0.2, 0.25) is 0 Å². The highest BCUT2D eigenvalue weighted by Gasteiger charge is 2.39. The zero-order chi connectivity index (χ0) is 19.0. The van der Waals surface area contributed by atoms with Crippen LogP contribution in [0.4, 0.5) is 0 Å². The minimum absolute atomic E-state index is 0.431. The van der Waals surface area contributed by atoms with Crippen LogP contribution in [0.25, 0.3) is 0 Å². The quantitative estimate of drug-likeness (QED) is 0.608. The second kappa shape index (κ2) is 9.00. The molecule has 3 N–H and O–H groups in total. The molecule has 0 bridgehead atoms. The molecule has 6 nitrogen and oxygen atoms in total. The van der Waals surface area contributed by atoms with Gasteiger partial charge in [-0.1, -0.05) is 12.1 Å². The Morgan fingerprint density at radius 3 is 2.44 bits per heavy atom. The van der Waals surface area contributed by atoms with Crippen LogP contribution in [0.1, 0.15) is 23.2 Å². The Bertz CT molecular complexity index is 842. The van der Waals surface area contributed by atoms with E-state index < -0.39 is 11.4 Å². The molecule has 0 fully saturated rings. The molecular formula is C21H23N5O. The number of nitrogens with two attached hydrogens (primary N) is 1. The maximum absolute atomic E-state index is 12.6. The number of aromatic nitrogens is 3. The standard InChI is InChI=1S/C21H23N5O/c22-20(27)21(19-5-1-2-12-25-19,10-6-18-4-3-11-24-16-18)26-15-9-17-7-13-23-14-8-17/h1-5,7-8,11-14,16,26H,6,9-10,15H2,(H2,22,27). The molecule has 0 aliphatic heterocycles. The van der Waals surface area contributed by atoms with E-state index >= 15 is 0 Å². The van der Waals surface area contributed by atoms with E-state index in [9.17, 15) is 4.79 Å². The average molecular weight is 361 g/mol. The van der Waals surface area contributed by atoms with E-state index in [4.69, 9.17) is 5.73 Å². The molecular weight excluding hydrogens is 338 g/mol. The van der Waals surface area contributed by atoms with Crippen LogP contribution in [0.3, 0.4) is 0 Å². The number of nitrogens with zero attached hydrogens (tertiary/aromatic N) is 3. The van der Waals surface area contributed by atoms with Gasteiger partial charge in [0.25, 0.3) is 0 Å². The van der Waals surface area contributed by atoms with Gasteiger partial charge in [0.2, 0.25) is 5.91 Å². The van der Waals surface area contributed by atoms with E-state index in [1.165, 1.54) is 0 Å². The third-order valence-corrected chi connectivity index (χ3v) is 4.62. The van der Waals surface area contributed by atoms with Crippen LogP contribution in [0, 0.1) is 0 Å². The first kappa shape index (κ1) is 18.7. The van der Waals surface area contributed by atoms with Crippen molar-refractivity contribution >= 4 is 5.91 Å². The van der Waals surface area contributed by atoms with Crippen LogP contribution in [0.5, 0.6) is 0 Å². The number of hydrogen-bond acceptors (Lipinski definition) is 5. The summed E-state index contributed by atoms with van der Waals surface area (Å²) in [6, 6.07) is 13.3. The first-order valence-electron chi connectivity index (χ1n) is 8.95. The van der Waals surface area contributed by atoms with Gasteiger partial charge in [-0.05, 0) is 60.7 Å². The fourth-order valence-electron chi connectivity index (χ4n) is 3.11. The third kappa shape index (κ3) is 4.74. The average Bonchev–Trinajstić information content (AvgIpc) is 2.72. The second-order valence-electron chi connectivity index (χ2n) is 6.38. The first-order valence-corrected chi connectivity index (χ1v) is 8.95. The van der Waals surface area contributed by atoms with Gasteiger partial charge in [0.15, 0.2) is 0 Å². The highest BCUT2D eigenvalue weighted by atomic mass is 16.1. The third-order valence-electron chi connectivity index (χ3n) is 4.62. The van der Waals surface area contributed by atoms with Crippen molar-refractivity contribution in [2.45, 2.75) is 24.8 Å². The molecule has 0 aliphatic rings. The number of pyridine rings is 3. The van der Waals surface area contributed by atoms with Gasteiger partial charge in [-0.25, -0.2) is 0 Å². The van der Waals surface area contributed by atoms with Gasteiger partial charge in [0.1, 0.15) is 5.54 Å². The molecule has 3 aromatic rings. The molecule has 27 heavy (non-hydrogen) atoms. The van der Waals surface area contributed by atoms with Crippen molar-refractivity contribution in [1.82, 2.24) is 20.3 Å². The van der Waals surface area contributed by atoms with Gasteiger partial charge < -0.3 is 5.73 Å². The summed E-state index contributed by atoms with van der Waals surface area (Å²) < 4.78 is 0. The number of hydrogen-bond donors (Lipinski definition) is 2. The number of primary amides is 1. The van der Waals surface area contributed by atoms with Gasteiger partial charge >= 0.3 is 0 Å². The fraction of sp³-hybridized carbons (Fsp3) is 0.238. The zero-order valence-corrected chi connectivity index (χ0v) is 15.1. The number of rotatable bonds is 9. The van der Waals surface area contributed by atoms with Crippen LogP contribution < -0.4 is 11.1 Å². The maximum Gasteiger partial charge on any atom is 0.243 e. The van der Waals surface area contributed by atoms with E-state index in [0.717, 1.165) is 17.5 Å². The molecule has 0 radical (unpaired) electrons. The molecule has 3 rings (SSSR count). The maximum atomic E-state index is 12.6. The Hall–Kier alpha value is -3.12. The van der Waals surface area contributed by atoms with Crippen LogP contribution >= 0.6 is 0 Å². The van der Waals surface area contributed by atoms with Crippen molar-refractivity contribution in [2.24, 2.45) is 5.73 Å². The van der Waals surface area contributed by atoms with Crippen LogP contribution in [0.15, 0.2) is 73.4 Å². The summed E-state index contributed by atoms with van der Waals surface area (Å²) >= 11 is 0. The van der Waals surface area contributed by atoms with Crippen LogP contribution in [-0.4, -0.2) is 27.4 Å². The van der Waals surface area contributed by atoms with Crippen molar-refractivity contribution < 1.29 is 4.79 Å². The molecule has 3 aromatic heterocycles. The normalized spacial score (nSPS) is 13.0. The smallest absolute Gasteiger partial charge is 0.243 e. The van der Waals surface area contributed by atoms with Gasteiger partial charge in [-0.3, -0.25) is 25.1 Å². The van der Waals surface area contributed by atoms with E-state index in [1.54, 1.807) is 31.0 Å². The molecule has 0 spiro atoms. The lowest BCUT2D eigenvalue weighted by atomic mass is 9.86. The van der Waals surface area contributed by atoms with E-state index in [-0.39, 0.29) is 0 Å². The highest BCUT2D eigenvalue weighted by molar-refractivity contribution is 5.85. The molecule has 0 aliphatic carbocycles. The molecule has 0 saturated carbocycles. The summed E-state index contributed by atoms with van der Waals surface area (Å²) in [7, 11) is 0. The Balaban J connectivity index is 1.81. The Kier molecular flexibility index (Phi) is 6.22. The van der Waals surface area contributed by atoms with Gasteiger partial charge in [-0.15, -0.1) is 0 Å². The lowest BCUT2D eigenvalue weighted by Gasteiger charge is -2.31. The molecule has 138 valence electrons. The van der Waals surface area contributed by atoms with Crippen molar-refractivity contribution in [3.05, 3.63) is 90.3 Å². The lowest BCUT2D eigenvalue weighted by molar-refractivity contribution is -0.125. The van der Waals surface area contributed by atoms with Gasteiger partial charge in [0, 0.05) is 37.5 Å². The summed E-state index contributed by atoms with van der Waals surface area (Å²) in [5, 5.41) is 3.39. The van der Waals surface area contributed by atoms with Crippen molar-refractivity contribution in [1.29, 1.82) is 0 Å². The van der Waals surface area contributed by atoms with E-state index in [1.807, 2.05) is 42.5 Å².